The van der Waals surface area contributed by atoms with Gasteiger partial charge in [0.1, 0.15) is 17.8 Å². The number of ether oxygens (including phenoxy) is 1. The predicted octanol–water partition coefficient (Wildman–Crippen LogP) is 2.60. The first kappa shape index (κ1) is 14.0. The van der Waals surface area contributed by atoms with Crippen LogP contribution in [0.1, 0.15) is 18.9 Å². The molecule has 3 N–H and O–H groups in total. The van der Waals surface area contributed by atoms with E-state index in [1.54, 1.807) is 12.1 Å². The summed E-state index contributed by atoms with van der Waals surface area (Å²) < 4.78 is 18.2. The average Bonchev–Trinajstić information content (AvgIpc) is 2.47. The molecule has 0 saturated carbocycles. The molecule has 0 atom stereocenters. The Labute approximate surface area is 117 Å². The van der Waals surface area contributed by atoms with Gasteiger partial charge in [0.2, 0.25) is 5.88 Å². The molecule has 1 aromatic carbocycles. The van der Waals surface area contributed by atoms with Crippen molar-refractivity contribution in [3.63, 3.8) is 0 Å². The number of benzene rings is 1. The van der Waals surface area contributed by atoms with Crippen LogP contribution < -0.4 is 15.8 Å². The lowest BCUT2D eigenvalue weighted by molar-refractivity contribution is 0.306. The minimum Gasteiger partial charge on any atom is -0.476 e. The molecule has 0 aliphatic carbocycles. The lowest BCUT2D eigenvalue weighted by Gasteiger charge is -2.11. The van der Waals surface area contributed by atoms with E-state index in [2.05, 4.69) is 15.3 Å². The van der Waals surface area contributed by atoms with Gasteiger partial charge in [0.15, 0.2) is 5.82 Å². The lowest BCUT2D eigenvalue weighted by atomic mass is 10.2. The molecule has 0 saturated heterocycles. The number of nitrogens with two attached hydrogens (primary N) is 1. The van der Waals surface area contributed by atoms with E-state index < -0.39 is 0 Å². The molecule has 0 spiro atoms. The van der Waals surface area contributed by atoms with E-state index in [-0.39, 0.29) is 5.82 Å². The Balaban J connectivity index is 2.03. The van der Waals surface area contributed by atoms with E-state index >= 15 is 0 Å². The second kappa shape index (κ2) is 6.70. The summed E-state index contributed by atoms with van der Waals surface area (Å²) in [7, 11) is 0. The standard InChI is InChI=1S/C14H17FN4O/c1-2-7-20-14-12(16)13(18-9-19-14)17-8-10-3-5-11(15)6-4-10/h3-6,9H,2,7-8,16H2,1H3,(H,17,18,19). The summed E-state index contributed by atoms with van der Waals surface area (Å²) in [6, 6.07) is 6.23. The number of rotatable bonds is 6. The van der Waals surface area contributed by atoms with Crippen LogP contribution in [0.15, 0.2) is 30.6 Å². The monoisotopic (exact) mass is 276 g/mol. The normalized spacial score (nSPS) is 10.3. The summed E-state index contributed by atoms with van der Waals surface area (Å²) in [5.41, 5.74) is 7.25. The van der Waals surface area contributed by atoms with Gasteiger partial charge in [-0.25, -0.2) is 9.37 Å². The molecule has 106 valence electrons. The lowest BCUT2D eigenvalue weighted by Crippen LogP contribution is -2.08. The first-order valence-corrected chi connectivity index (χ1v) is 6.42. The maximum Gasteiger partial charge on any atom is 0.242 e. The highest BCUT2D eigenvalue weighted by Gasteiger charge is 2.08. The minimum absolute atomic E-state index is 0.259. The highest BCUT2D eigenvalue weighted by atomic mass is 19.1. The second-order valence-corrected chi connectivity index (χ2v) is 4.27. The number of aromatic nitrogens is 2. The van der Waals surface area contributed by atoms with Gasteiger partial charge in [-0.2, -0.15) is 4.98 Å². The Morgan fingerprint density at radius 3 is 2.70 bits per heavy atom. The Kier molecular flexibility index (Phi) is 4.70. The van der Waals surface area contributed by atoms with Crippen molar-refractivity contribution in [1.82, 2.24) is 9.97 Å². The van der Waals surface area contributed by atoms with Crippen LogP contribution in [-0.4, -0.2) is 16.6 Å². The number of nitrogen functional groups attached to an aromatic ring is 1. The second-order valence-electron chi connectivity index (χ2n) is 4.27. The van der Waals surface area contributed by atoms with Crippen LogP contribution in [0.3, 0.4) is 0 Å². The SMILES string of the molecule is CCCOc1ncnc(NCc2ccc(F)cc2)c1N. The molecule has 1 heterocycles. The summed E-state index contributed by atoms with van der Waals surface area (Å²) in [4.78, 5) is 8.07. The molecule has 1 aromatic heterocycles. The quantitative estimate of drug-likeness (QED) is 0.848. The number of nitrogens with zero attached hydrogens (tertiary/aromatic N) is 2. The van der Waals surface area contributed by atoms with Gasteiger partial charge in [-0.05, 0) is 24.1 Å². The molecule has 6 heteroatoms. The van der Waals surface area contributed by atoms with Crippen molar-refractivity contribution in [1.29, 1.82) is 0 Å². The van der Waals surface area contributed by atoms with Crippen LogP contribution in [0.25, 0.3) is 0 Å². The number of halogens is 1. The third-order valence-corrected chi connectivity index (χ3v) is 2.66. The molecule has 0 unspecified atom stereocenters. The van der Waals surface area contributed by atoms with Crippen LogP contribution >= 0.6 is 0 Å². The van der Waals surface area contributed by atoms with Crippen molar-refractivity contribution in [3.8, 4) is 5.88 Å². The van der Waals surface area contributed by atoms with Crippen LogP contribution in [-0.2, 0) is 6.54 Å². The number of hydrogen-bond donors (Lipinski definition) is 2. The van der Waals surface area contributed by atoms with Gasteiger partial charge in [0.25, 0.3) is 0 Å². The summed E-state index contributed by atoms with van der Waals surface area (Å²) in [5, 5.41) is 3.09. The Bertz CT molecular complexity index is 560. The fourth-order valence-corrected chi connectivity index (χ4v) is 1.62. The van der Waals surface area contributed by atoms with Gasteiger partial charge in [0, 0.05) is 6.54 Å². The van der Waals surface area contributed by atoms with Gasteiger partial charge >= 0.3 is 0 Å². The fraction of sp³-hybridized carbons (Fsp3) is 0.286. The first-order chi connectivity index (χ1) is 9.70. The molecule has 2 rings (SSSR count). The van der Waals surface area contributed by atoms with Crippen molar-refractivity contribution < 1.29 is 9.13 Å². The molecule has 5 nitrogen and oxygen atoms in total. The Hall–Kier alpha value is -2.37. The Morgan fingerprint density at radius 1 is 1.25 bits per heavy atom. The van der Waals surface area contributed by atoms with Crippen molar-refractivity contribution >= 4 is 11.5 Å². The van der Waals surface area contributed by atoms with E-state index in [1.807, 2.05) is 6.92 Å². The Morgan fingerprint density at radius 2 is 2.00 bits per heavy atom. The summed E-state index contributed by atoms with van der Waals surface area (Å²) in [5.74, 6) is 0.629. The highest BCUT2D eigenvalue weighted by Crippen LogP contribution is 2.25. The van der Waals surface area contributed by atoms with E-state index in [4.69, 9.17) is 10.5 Å². The summed E-state index contributed by atoms with van der Waals surface area (Å²) in [6.45, 7) is 3.05. The maximum atomic E-state index is 12.8. The van der Waals surface area contributed by atoms with Gasteiger partial charge in [-0.1, -0.05) is 19.1 Å². The van der Waals surface area contributed by atoms with Gasteiger partial charge in [-0.15, -0.1) is 0 Å². The molecular formula is C14H17FN4O. The minimum atomic E-state index is -0.259. The largest absolute Gasteiger partial charge is 0.476 e. The van der Waals surface area contributed by atoms with Gasteiger partial charge < -0.3 is 15.8 Å². The zero-order valence-electron chi connectivity index (χ0n) is 11.3. The van der Waals surface area contributed by atoms with Crippen LogP contribution in [0.5, 0.6) is 5.88 Å². The number of anilines is 2. The fourth-order valence-electron chi connectivity index (χ4n) is 1.62. The molecule has 0 fully saturated rings. The molecule has 2 aromatic rings. The van der Waals surface area contributed by atoms with Crippen molar-refractivity contribution in [2.24, 2.45) is 0 Å². The summed E-state index contributed by atoms with van der Waals surface area (Å²) >= 11 is 0. The average molecular weight is 276 g/mol. The van der Waals surface area contributed by atoms with Crippen LogP contribution in [0.4, 0.5) is 15.9 Å². The molecular weight excluding hydrogens is 259 g/mol. The molecule has 0 bridgehead atoms. The zero-order chi connectivity index (χ0) is 14.4. The van der Waals surface area contributed by atoms with Crippen molar-refractivity contribution in [3.05, 3.63) is 42.0 Å². The topological polar surface area (TPSA) is 73.1 Å². The third kappa shape index (κ3) is 3.57. The maximum absolute atomic E-state index is 12.8. The zero-order valence-corrected chi connectivity index (χ0v) is 11.3. The highest BCUT2D eigenvalue weighted by molar-refractivity contribution is 5.66. The smallest absolute Gasteiger partial charge is 0.242 e. The number of hydrogen-bond acceptors (Lipinski definition) is 5. The molecule has 0 aliphatic rings. The van der Waals surface area contributed by atoms with Gasteiger partial charge in [0.05, 0.1) is 6.61 Å². The van der Waals surface area contributed by atoms with Crippen molar-refractivity contribution in [2.75, 3.05) is 17.7 Å². The van der Waals surface area contributed by atoms with E-state index in [1.165, 1.54) is 18.5 Å². The third-order valence-electron chi connectivity index (χ3n) is 2.66. The van der Waals surface area contributed by atoms with Crippen molar-refractivity contribution in [2.45, 2.75) is 19.9 Å². The van der Waals surface area contributed by atoms with Crippen LogP contribution in [0.2, 0.25) is 0 Å². The molecule has 0 radical (unpaired) electrons. The molecule has 0 aliphatic heterocycles. The summed E-state index contributed by atoms with van der Waals surface area (Å²) in [6.07, 6.45) is 2.27. The van der Waals surface area contributed by atoms with Crippen LogP contribution in [0, 0.1) is 5.82 Å². The van der Waals surface area contributed by atoms with E-state index in [0.717, 1.165) is 12.0 Å². The number of nitrogens with one attached hydrogen (secondary N) is 1. The first-order valence-electron chi connectivity index (χ1n) is 6.42. The predicted molar refractivity (Wildman–Crippen MR) is 76.0 cm³/mol. The van der Waals surface area contributed by atoms with E-state index in [0.29, 0.717) is 30.5 Å². The molecule has 20 heavy (non-hydrogen) atoms. The van der Waals surface area contributed by atoms with Gasteiger partial charge in [-0.3, -0.25) is 0 Å². The van der Waals surface area contributed by atoms with E-state index in [9.17, 15) is 4.39 Å². The molecule has 0 amide bonds.